The van der Waals surface area contributed by atoms with Crippen LogP contribution < -0.4 is 10.6 Å². The van der Waals surface area contributed by atoms with Crippen LogP contribution in [0.4, 0.5) is 21.6 Å². The van der Waals surface area contributed by atoms with Gasteiger partial charge in [0.2, 0.25) is 0 Å². The van der Waals surface area contributed by atoms with Gasteiger partial charge in [0, 0.05) is 45.0 Å². The summed E-state index contributed by atoms with van der Waals surface area (Å²) >= 11 is 1.51. The molecule has 0 atom stereocenters. The standard InChI is InChI=1S/C26H35N7O3S/c1-26(2,3)36-25(34)33-9-6-19(7-10-33)28-21-15-18(17-32-11-13-35-14-12-32)16-22(30-21)31-24-29-20-5-4-8-27-23(20)37-24/h4-5,8,15-16,19H,6-7,9-14,17H2,1-3H3,(H2,28,29,30,31). The summed E-state index contributed by atoms with van der Waals surface area (Å²) in [6, 6.07) is 8.29. The van der Waals surface area contributed by atoms with Gasteiger partial charge in [-0.05, 0) is 63.4 Å². The van der Waals surface area contributed by atoms with Gasteiger partial charge in [-0.2, -0.15) is 0 Å². The van der Waals surface area contributed by atoms with Crippen molar-refractivity contribution < 1.29 is 14.3 Å². The van der Waals surface area contributed by atoms with Crippen molar-refractivity contribution in [3.05, 3.63) is 36.0 Å². The molecule has 37 heavy (non-hydrogen) atoms. The van der Waals surface area contributed by atoms with Crippen molar-refractivity contribution in [3.8, 4) is 0 Å². The van der Waals surface area contributed by atoms with Gasteiger partial charge in [0.25, 0.3) is 0 Å². The lowest BCUT2D eigenvalue weighted by Crippen LogP contribution is -2.44. The topological polar surface area (TPSA) is 105 Å². The van der Waals surface area contributed by atoms with Gasteiger partial charge in [0.1, 0.15) is 27.6 Å². The first-order chi connectivity index (χ1) is 17.8. The van der Waals surface area contributed by atoms with Gasteiger partial charge in [0.05, 0.1) is 13.2 Å². The molecule has 0 radical (unpaired) electrons. The van der Waals surface area contributed by atoms with Crippen LogP contribution >= 0.6 is 11.3 Å². The molecule has 2 fully saturated rings. The Labute approximate surface area is 221 Å². The van der Waals surface area contributed by atoms with Crippen molar-refractivity contribution in [1.29, 1.82) is 0 Å². The molecular weight excluding hydrogens is 490 g/mol. The lowest BCUT2D eigenvalue weighted by atomic mass is 10.1. The Balaban J connectivity index is 1.28. The number of amides is 1. The number of hydrogen-bond acceptors (Lipinski definition) is 10. The average Bonchev–Trinajstić information content (AvgIpc) is 3.26. The lowest BCUT2D eigenvalue weighted by Gasteiger charge is -2.34. The molecule has 0 bridgehead atoms. The third kappa shape index (κ3) is 7.06. The molecule has 0 spiro atoms. The Morgan fingerprint density at radius 3 is 2.62 bits per heavy atom. The van der Waals surface area contributed by atoms with E-state index in [1.807, 2.05) is 32.9 Å². The third-order valence-corrected chi connectivity index (χ3v) is 7.19. The second-order valence-electron chi connectivity index (χ2n) is 10.5. The number of pyridine rings is 2. The molecule has 1 amide bonds. The highest BCUT2D eigenvalue weighted by Gasteiger charge is 2.27. The van der Waals surface area contributed by atoms with Crippen LogP contribution in [-0.4, -0.2) is 81.9 Å². The zero-order valence-corrected chi connectivity index (χ0v) is 22.5. The first kappa shape index (κ1) is 25.6. The number of nitrogens with zero attached hydrogens (tertiary/aromatic N) is 5. The number of carbonyl (C=O) groups excluding carboxylic acids is 1. The van der Waals surface area contributed by atoms with Gasteiger partial charge >= 0.3 is 6.09 Å². The summed E-state index contributed by atoms with van der Waals surface area (Å²) in [5, 5.41) is 7.78. The number of hydrogen-bond donors (Lipinski definition) is 2. The molecule has 0 aromatic carbocycles. The molecule has 3 aromatic heterocycles. The second kappa shape index (κ2) is 11.2. The molecule has 2 aliphatic heterocycles. The molecular formula is C26H35N7O3S. The van der Waals surface area contributed by atoms with Crippen molar-refractivity contribution >= 4 is 44.5 Å². The predicted molar refractivity (Wildman–Crippen MR) is 145 cm³/mol. The fourth-order valence-corrected chi connectivity index (χ4v) is 5.32. The van der Waals surface area contributed by atoms with Crippen molar-refractivity contribution in [3.63, 3.8) is 0 Å². The fourth-order valence-electron chi connectivity index (χ4n) is 4.51. The minimum atomic E-state index is -0.486. The highest BCUT2D eigenvalue weighted by atomic mass is 32.1. The van der Waals surface area contributed by atoms with Crippen LogP contribution in [0.3, 0.4) is 0 Å². The average molecular weight is 526 g/mol. The van der Waals surface area contributed by atoms with E-state index in [1.165, 1.54) is 16.9 Å². The van der Waals surface area contributed by atoms with E-state index in [-0.39, 0.29) is 12.1 Å². The van der Waals surface area contributed by atoms with Crippen LogP contribution in [0.5, 0.6) is 0 Å². The minimum absolute atomic E-state index is 0.226. The summed E-state index contributed by atoms with van der Waals surface area (Å²) in [5.41, 5.74) is 1.56. The van der Waals surface area contributed by atoms with E-state index in [9.17, 15) is 4.79 Å². The number of nitrogens with one attached hydrogen (secondary N) is 2. The number of thiazole rings is 1. The van der Waals surface area contributed by atoms with Gasteiger partial charge in [-0.3, -0.25) is 4.90 Å². The number of rotatable bonds is 6. The number of aromatic nitrogens is 3. The SMILES string of the molecule is CC(C)(C)OC(=O)N1CCC(Nc2cc(CN3CCOCC3)cc(Nc3nc4cccnc4s3)n2)CC1. The molecule has 2 aliphatic rings. The molecule has 0 aliphatic carbocycles. The molecule has 198 valence electrons. The van der Waals surface area contributed by atoms with Crippen molar-refractivity contribution in [2.24, 2.45) is 0 Å². The Morgan fingerprint density at radius 2 is 1.89 bits per heavy atom. The summed E-state index contributed by atoms with van der Waals surface area (Å²) < 4.78 is 11.1. The first-order valence-corrected chi connectivity index (χ1v) is 13.7. The second-order valence-corrected chi connectivity index (χ2v) is 11.5. The molecule has 0 unspecified atom stereocenters. The normalized spacial score (nSPS) is 17.6. The number of fused-ring (bicyclic) bond motifs is 1. The van der Waals surface area contributed by atoms with E-state index < -0.39 is 5.60 Å². The van der Waals surface area contributed by atoms with Crippen molar-refractivity contribution in [2.75, 3.05) is 50.0 Å². The molecule has 3 aromatic rings. The molecule has 2 saturated heterocycles. The molecule has 11 heteroatoms. The maximum Gasteiger partial charge on any atom is 0.410 e. The summed E-state index contributed by atoms with van der Waals surface area (Å²) in [7, 11) is 0. The Morgan fingerprint density at radius 1 is 1.14 bits per heavy atom. The van der Waals surface area contributed by atoms with E-state index in [2.05, 4.69) is 37.6 Å². The molecule has 0 saturated carbocycles. The van der Waals surface area contributed by atoms with Gasteiger partial charge in [-0.25, -0.2) is 19.7 Å². The summed E-state index contributed by atoms with van der Waals surface area (Å²) in [5.74, 6) is 1.57. The van der Waals surface area contributed by atoms with Crippen LogP contribution in [0.25, 0.3) is 10.3 Å². The number of ether oxygens (including phenoxy) is 2. The summed E-state index contributed by atoms with van der Waals surface area (Å²) in [6.45, 7) is 11.2. The maximum absolute atomic E-state index is 12.4. The number of anilines is 3. The monoisotopic (exact) mass is 525 g/mol. The van der Waals surface area contributed by atoms with Crippen LogP contribution in [-0.2, 0) is 16.0 Å². The molecule has 5 rings (SSSR count). The predicted octanol–water partition coefficient (Wildman–Crippen LogP) is 4.47. The van der Waals surface area contributed by atoms with E-state index in [1.54, 1.807) is 11.1 Å². The highest BCUT2D eigenvalue weighted by molar-refractivity contribution is 7.21. The van der Waals surface area contributed by atoms with Gasteiger partial charge in [-0.1, -0.05) is 11.3 Å². The fraction of sp³-hybridized carbons (Fsp3) is 0.538. The Kier molecular flexibility index (Phi) is 7.73. The highest BCUT2D eigenvalue weighted by Crippen LogP contribution is 2.28. The molecule has 5 heterocycles. The number of likely N-dealkylation sites (tertiary alicyclic amines) is 1. The third-order valence-electron chi connectivity index (χ3n) is 6.30. The molecule has 2 N–H and O–H groups in total. The van der Waals surface area contributed by atoms with Crippen LogP contribution in [0, 0.1) is 0 Å². The van der Waals surface area contributed by atoms with Crippen molar-refractivity contribution in [1.82, 2.24) is 24.8 Å². The van der Waals surface area contributed by atoms with Crippen LogP contribution in [0.15, 0.2) is 30.5 Å². The largest absolute Gasteiger partial charge is 0.444 e. The Hall–Kier alpha value is -3.02. The lowest BCUT2D eigenvalue weighted by molar-refractivity contribution is 0.0210. The van der Waals surface area contributed by atoms with E-state index >= 15 is 0 Å². The first-order valence-electron chi connectivity index (χ1n) is 12.8. The van der Waals surface area contributed by atoms with Gasteiger partial charge in [0.15, 0.2) is 5.13 Å². The quantitative estimate of drug-likeness (QED) is 0.482. The zero-order valence-electron chi connectivity index (χ0n) is 21.7. The van der Waals surface area contributed by atoms with E-state index in [0.29, 0.717) is 13.1 Å². The summed E-state index contributed by atoms with van der Waals surface area (Å²) in [4.78, 5) is 31.4. The molecule has 10 nitrogen and oxygen atoms in total. The zero-order chi connectivity index (χ0) is 25.8. The van der Waals surface area contributed by atoms with Gasteiger partial charge < -0.3 is 25.0 Å². The minimum Gasteiger partial charge on any atom is -0.444 e. The smallest absolute Gasteiger partial charge is 0.410 e. The van der Waals surface area contributed by atoms with Crippen LogP contribution in [0.1, 0.15) is 39.2 Å². The van der Waals surface area contributed by atoms with Crippen molar-refractivity contribution in [2.45, 2.75) is 51.8 Å². The Bertz CT molecular complexity index is 1180. The summed E-state index contributed by atoms with van der Waals surface area (Å²) in [6.07, 6.45) is 3.21. The van der Waals surface area contributed by atoms with E-state index in [4.69, 9.17) is 14.5 Å². The van der Waals surface area contributed by atoms with Gasteiger partial charge in [-0.15, -0.1) is 0 Å². The number of piperidine rings is 1. The number of carbonyl (C=O) groups is 1. The van der Waals surface area contributed by atoms with E-state index in [0.717, 1.165) is 72.8 Å². The maximum atomic E-state index is 12.4. The number of morpholine rings is 1. The van der Waals surface area contributed by atoms with Crippen LogP contribution in [0.2, 0.25) is 0 Å².